The van der Waals surface area contributed by atoms with E-state index in [1.807, 2.05) is 6.92 Å². The van der Waals surface area contributed by atoms with Crippen molar-refractivity contribution in [1.29, 1.82) is 0 Å². The highest BCUT2D eigenvalue weighted by Gasteiger charge is 2.55. The van der Waals surface area contributed by atoms with Gasteiger partial charge in [0.1, 0.15) is 24.5 Å². The average molecular weight is 348 g/mol. The topological polar surface area (TPSA) is 75.7 Å². The second-order valence-corrected chi connectivity index (χ2v) is 6.69. The molecule has 1 heterocycles. The average Bonchev–Trinajstić information content (AvgIpc) is 2.82. The number of halogens is 1. The predicted octanol–water partition coefficient (Wildman–Crippen LogP) is 2.37. The summed E-state index contributed by atoms with van der Waals surface area (Å²) in [6, 6.07) is 5.39. The number of nitrogens with zero attached hydrogens (tertiary/aromatic N) is 1. The summed E-state index contributed by atoms with van der Waals surface area (Å²) < 4.78 is 18.5. The van der Waals surface area contributed by atoms with Crippen LogP contribution in [0.15, 0.2) is 24.3 Å². The quantitative estimate of drug-likeness (QED) is 0.669. The molecule has 7 heteroatoms. The summed E-state index contributed by atoms with van der Waals surface area (Å²) in [5.74, 6) is -1.56. The van der Waals surface area contributed by atoms with Gasteiger partial charge in [-0.1, -0.05) is 38.0 Å². The standard InChI is InChI=1S/C18H21FN2O4/c1-12-6-4-5-9-18(12)16(23)21(17(24)20-18)10-15(22)25-11-13-7-2-3-8-14(13)19/h2-3,7-8,12H,4-6,9-11H2,1H3,(H,20,24)/t12-,18+/m1/s1. The van der Waals surface area contributed by atoms with E-state index in [1.165, 1.54) is 12.1 Å². The van der Waals surface area contributed by atoms with Crippen LogP contribution in [0, 0.1) is 11.7 Å². The molecule has 0 radical (unpaired) electrons. The van der Waals surface area contributed by atoms with Crippen LogP contribution in [0.5, 0.6) is 0 Å². The number of nitrogens with one attached hydrogen (secondary N) is 1. The summed E-state index contributed by atoms with van der Waals surface area (Å²) in [7, 11) is 0. The molecule has 3 amide bonds. The number of imide groups is 1. The molecule has 1 spiro atoms. The fourth-order valence-corrected chi connectivity index (χ4v) is 3.59. The first-order valence-electron chi connectivity index (χ1n) is 8.47. The number of amides is 3. The van der Waals surface area contributed by atoms with Crippen molar-refractivity contribution in [2.24, 2.45) is 5.92 Å². The summed E-state index contributed by atoms with van der Waals surface area (Å²) >= 11 is 0. The van der Waals surface area contributed by atoms with Gasteiger partial charge in [-0.3, -0.25) is 14.5 Å². The number of rotatable bonds is 4. The largest absolute Gasteiger partial charge is 0.459 e. The molecule has 2 aliphatic rings. The highest BCUT2D eigenvalue weighted by atomic mass is 19.1. The van der Waals surface area contributed by atoms with Crippen LogP contribution < -0.4 is 5.32 Å². The molecule has 3 rings (SSSR count). The number of ether oxygens (including phenoxy) is 1. The van der Waals surface area contributed by atoms with Crippen molar-refractivity contribution in [3.05, 3.63) is 35.6 Å². The van der Waals surface area contributed by atoms with Gasteiger partial charge < -0.3 is 10.1 Å². The smallest absolute Gasteiger partial charge is 0.326 e. The van der Waals surface area contributed by atoms with Crippen LogP contribution >= 0.6 is 0 Å². The molecule has 2 fully saturated rings. The maximum absolute atomic E-state index is 13.5. The summed E-state index contributed by atoms with van der Waals surface area (Å²) in [6.45, 7) is 1.24. The lowest BCUT2D eigenvalue weighted by Gasteiger charge is -2.36. The van der Waals surface area contributed by atoms with E-state index in [1.54, 1.807) is 12.1 Å². The van der Waals surface area contributed by atoms with Crippen LogP contribution in [-0.2, 0) is 20.9 Å². The number of benzene rings is 1. The van der Waals surface area contributed by atoms with Gasteiger partial charge in [0.2, 0.25) is 0 Å². The highest BCUT2D eigenvalue weighted by molar-refractivity contribution is 6.08. The van der Waals surface area contributed by atoms with Gasteiger partial charge in [-0.15, -0.1) is 0 Å². The van der Waals surface area contributed by atoms with E-state index in [-0.39, 0.29) is 24.0 Å². The molecule has 0 aromatic heterocycles. The molecule has 1 aromatic carbocycles. The van der Waals surface area contributed by atoms with Gasteiger partial charge in [0.15, 0.2) is 0 Å². The number of esters is 1. The van der Waals surface area contributed by atoms with Crippen molar-refractivity contribution >= 4 is 17.9 Å². The molecular weight excluding hydrogens is 327 g/mol. The van der Waals surface area contributed by atoms with Gasteiger partial charge in [-0.2, -0.15) is 0 Å². The highest BCUT2D eigenvalue weighted by Crippen LogP contribution is 2.38. The van der Waals surface area contributed by atoms with Gasteiger partial charge in [0, 0.05) is 5.56 Å². The number of carbonyl (C=O) groups is 3. The number of hydrogen-bond donors (Lipinski definition) is 1. The maximum Gasteiger partial charge on any atom is 0.326 e. The lowest BCUT2D eigenvalue weighted by atomic mass is 9.73. The second kappa shape index (κ2) is 6.82. The zero-order valence-corrected chi connectivity index (χ0v) is 14.1. The van der Waals surface area contributed by atoms with Gasteiger partial charge >= 0.3 is 12.0 Å². The van der Waals surface area contributed by atoms with E-state index in [4.69, 9.17) is 4.74 Å². The SMILES string of the molecule is C[C@@H]1CCCC[C@]12NC(=O)N(CC(=O)OCc1ccccc1F)C2=O. The second-order valence-electron chi connectivity index (χ2n) is 6.69. The van der Waals surface area contributed by atoms with E-state index in [2.05, 4.69) is 5.32 Å². The molecular formula is C18H21FN2O4. The Kier molecular flexibility index (Phi) is 4.74. The van der Waals surface area contributed by atoms with Crippen LogP contribution in [0.3, 0.4) is 0 Å². The Labute approximate surface area is 145 Å². The minimum absolute atomic E-state index is 0.0251. The van der Waals surface area contributed by atoms with E-state index >= 15 is 0 Å². The Balaban J connectivity index is 1.62. The number of carbonyl (C=O) groups excluding carboxylic acids is 3. The number of urea groups is 1. The summed E-state index contributed by atoms with van der Waals surface area (Å²) in [5.41, 5.74) is -0.661. The Bertz CT molecular complexity index is 708. The molecule has 134 valence electrons. The molecule has 0 unspecified atom stereocenters. The molecule has 1 aliphatic heterocycles. The fraction of sp³-hybridized carbons (Fsp3) is 0.500. The van der Waals surface area contributed by atoms with Crippen molar-refractivity contribution in [3.8, 4) is 0 Å². The zero-order chi connectivity index (χ0) is 18.0. The van der Waals surface area contributed by atoms with Crippen LogP contribution in [0.4, 0.5) is 9.18 Å². The Morgan fingerprint density at radius 2 is 2.12 bits per heavy atom. The van der Waals surface area contributed by atoms with Gasteiger partial charge in [-0.25, -0.2) is 9.18 Å². The van der Waals surface area contributed by atoms with E-state index in [0.29, 0.717) is 6.42 Å². The van der Waals surface area contributed by atoms with Gasteiger partial charge in [0.05, 0.1) is 0 Å². The zero-order valence-electron chi connectivity index (χ0n) is 14.1. The van der Waals surface area contributed by atoms with Gasteiger partial charge in [0.25, 0.3) is 5.91 Å². The molecule has 1 aromatic rings. The molecule has 1 aliphatic carbocycles. The maximum atomic E-state index is 13.5. The summed E-state index contributed by atoms with van der Waals surface area (Å²) in [6.07, 6.45) is 3.33. The Morgan fingerprint density at radius 3 is 2.84 bits per heavy atom. The van der Waals surface area contributed by atoms with Crippen molar-refractivity contribution in [2.75, 3.05) is 6.54 Å². The van der Waals surface area contributed by atoms with Gasteiger partial charge in [-0.05, 0) is 24.8 Å². The van der Waals surface area contributed by atoms with Crippen LogP contribution in [0.1, 0.15) is 38.2 Å². The summed E-state index contributed by atoms with van der Waals surface area (Å²) in [5, 5.41) is 2.78. The van der Waals surface area contributed by atoms with Crippen LogP contribution in [0.25, 0.3) is 0 Å². The fourth-order valence-electron chi connectivity index (χ4n) is 3.59. The molecule has 25 heavy (non-hydrogen) atoms. The lowest BCUT2D eigenvalue weighted by molar-refractivity contribution is -0.149. The van der Waals surface area contributed by atoms with E-state index in [9.17, 15) is 18.8 Å². The first kappa shape index (κ1) is 17.4. The third-order valence-electron chi connectivity index (χ3n) is 5.14. The Morgan fingerprint density at radius 1 is 1.36 bits per heavy atom. The molecule has 6 nitrogen and oxygen atoms in total. The van der Waals surface area contributed by atoms with Crippen molar-refractivity contribution in [1.82, 2.24) is 10.2 Å². The molecule has 1 saturated heterocycles. The Hall–Kier alpha value is -2.44. The predicted molar refractivity (Wildman–Crippen MR) is 86.8 cm³/mol. The van der Waals surface area contributed by atoms with Crippen LogP contribution in [-0.4, -0.2) is 34.9 Å². The molecule has 0 bridgehead atoms. The minimum atomic E-state index is -0.902. The molecule has 1 saturated carbocycles. The molecule has 1 N–H and O–H groups in total. The first-order chi connectivity index (χ1) is 11.9. The third kappa shape index (κ3) is 3.23. The number of hydrogen-bond acceptors (Lipinski definition) is 4. The normalized spacial score (nSPS) is 26.0. The van der Waals surface area contributed by atoms with Crippen LogP contribution in [0.2, 0.25) is 0 Å². The van der Waals surface area contributed by atoms with Crippen molar-refractivity contribution in [3.63, 3.8) is 0 Å². The molecule has 2 atom stereocenters. The van der Waals surface area contributed by atoms with Crippen molar-refractivity contribution < 1.29 is 23.5 Å². The lowest BCUT2D eigenvalue weighted by Crippen LogP contribution is -2.54. The van der Waals surface area contributed by atoms with E-state index < -0.39 is 29.9 Å². The minimum Gasteiger partial charge on any atom is -0.459 e. The van der Waals surface area contributed by atoms with Crippen molar-refractivity contribution in [2.45, 2.75) is 44.8 Å². The monoisotopic (exact) mass is 348 g/mol. The first-order valence-corrected chi connectivity index (χ1v) is 8.47. The van der Waals surface area contributed by atoms with E-state index in [0.717, 1.165) is 24.2 Å². The third-order valence-corrected chi connectivity index (χ3v) is 5.14. The summed E-state index contributed by atoms with van der Waals surface area (Å²) in [4.78, 5) is 37.9.